The first-order valence-electron chi connectivity index (χ1n) is 6.21. The maximum atomic E-state index is 12.2. The molecule has 0 saturated heterocycles. The molecule has 5 heteroatoms. The highest BCUT2D eigenvalue weighted by molar-refractivity contribution is 5.99. The summed E-state index contributed by atoms with van der Waals surface area (Å²) in [6, 6.07) is 4.43. The number of hydrogen-bond donors (Lipinski definition) is 2. The van der Waals surface area contributed by atoms with E-state index in [0.29, 0.717) is 11.3 Å². The number of aliphatic carboxylic acids is 1. The molecule has 19 heavy (non-hydrogen) atoms. The molecule has 1 fully saturated rings. The van der Waals surface area contributed by atoms with E-state index in [1.807, 2.05) is 13.0 Å². The summed E-state index contributed by atoms with van der Waals surface area (Å²) >= 11 is 0. The Bertz CT molecular complexity index is 508. The second kappa shape index (κ2) is 5.30. The van der Waals surface area contributed by atoms with Crippen LogP contribution >= 0.6 is 0 Å². The molecular formula is C14H17NO4. The minimum atomic E-state index is -0.984. The van der Waals surface area contributed by atoms with Gasteiger partial charge >= 0.3 is 5.97 Å². The van der Waals surface area contributed by atoms with E-state index in [-0.39, 0.29) is 5.92 Å². The predicted octanol–water partition coefficient (Wildman–Crippen LogP) is 1.60. The lowest BCUT2D eigenvalue weighted by Crippen LogP contribution is -2.42. The topological polar surface area (TPSA) is 75.6 Å². The minimum absolute atomic E-state index is 0.0530. The van der Waals surface area contributed by atoms with Gasteiger partial charge in [-0.05, 0) is 37.8 Å². The van der Waals surface area contributed by atoms with Crippen LogP contribution in [0, 0.1) is 12.8 Å². The number of aryl methyl sites for hydroxylation is 1. The molecule has 1 saturated carbocycles. The first kappa shape index (κ1) is 13.4. The highest BCUT2D eigenvalue weighted by atomic mass is 16.5. The van der Waals surface area contributed by atoms with Crippen LogP contribution < -0.4 is 10.1 Å². The van der Waals surface area contributed by atoms with E-state index in [9.17, 15) is 9.59 Å². The highest BCUT2D eigenvalue weighted by Crippen LogP contribution is 2.33. The van der Waals surface area contributed by atoms with Crippen molar-refractivity contribution < 1.29 is 19.4 Å². The molecule has 0 heterocycles. The molecule has 5 nitrogen and oxygen atoms in total. The number of amides is 1. The minimum Gasteiger partial charge on any atom is -0.496 e. The van der Waals surface area contributed by atoms with Gasteiger partial charge in [-0.2, -0.15) is 0 Å². The number of hydrogen-bond acceptors (Lipinski definition) is 3. The number of carbonyl (C=O) groups excluding carboxylic acids is 1. The molecule has 1 unspecified atom stereocenters. The van der Waals surface area contributed by atoms with Gasteiger partial charge in [0, 0.05) is 0 Å². The molecule has 1 amide bonds. The van der Waals surface area contributed by atoms with Crippen molar-refractivity contribution in [3.05, 3.63) is 29.3 Å². The molecular weight excluding hydrogens is 246 g/mol. The van der Waals surface area contributed by atoms with E-state index in [0.717, 1.165) is 18.4 Å². The van der Waals surface area contributed by atoms with Crippen molar-refractivity contribution in [1.29, 1.82) is 0 Å². The largest absolute Gasteiger partial charge is 0.496 e. The van der Waals surface area contributed by atoms with Gasteiger partial charge in [0.2, 0.25) is 0 Å². The van der Waals surface area contributed by atoms with Crippen LogP contribution in [0.2, 0.25) is 0 Å². The number of ether oxygens (including phenoxy) is 1. The van der Waals surface area contributed by atoms with Gasteiger partial charge < -0.3 is 15.2 Å². The summed E-state index contributed by atoms with van der Waals surface area (Å²) in [5, 5.41) is 11.7. The standard InChI is InChI=1S/C14H17NO4/c1-8-3-6-11(19-2)10(7-8)13(16)15-12(14(17)18)9-4-5-9/h3,6-7,9,12H,4-5H2,1-2H3,(H,15,16)(H,17,18). The molecule has 2 N–H and O–H groups in total. The maximum Gasteiger partial charge on any atom is 0.326 e. The molecule has 0 bridgehead atoms. The number of methoxy groups -OCH3 is 1. The van der Waals surface area contributed by atoms with Gasteiger partial charge in [-0.3, -0.25) is 4.79 Å². The van der Waals surface area contributed by atoms with Gasteiger partial charge in [0.25, 0.3) is 5.91 Å². The second-order valence-corrected chi connectivity index (χ2v) is 4.83. The van der Waals surface area contributed by atoms with Crippen LogP contribution in [0.5, 0.6) is 5.75 Å². The van der Waals surface area contributed by atoms with Crippen molar-refractivity contribution >= 4 is 11.9 Å². The van der Waals surface area contributed by atoms with Gasteiger partial charge in [0.15, 0.2) is 0 Å². The van der Waals surface area contributed by atoms with Crippen molar-refractivity contribution in [3.8, 4) is 5.75 Å². The van der Waals surface area contributed by atoms with Crippen LogP contribution in [-0.2, 0) is 4.79 Å². The molecule has 1 aromatic rings. The highest BCUT2D eigenvalue weighted by Gasteiger charge is 2.37. The number of nitrogens with one attached hydrogen (secondary N) is 1. The van der Waals surface area contributed by atoms with Gasteiger partial charge in [0.05, 0.1) is 12.7 Å². The Kier molecular flexibility index (Phi) is 3.74. The van der Waals surface area contributed by atoms with E-state index in [1.54, 1.807) is 12.1 Å². The molecule has 1 atom stereocenters. The third-order valence-electron chi connectivity index (χ3n) is 3.25. The summed E-state index contributed by atoms with van der Waals surface area (Å²) in [6.07, 6.45) is 1.70. The first-order valence-corrected chi connectivity index (χ1v) is 6.21. The quantitative estimate of drug-likeness (QED) is 0.846. The monoisotopic (exact) mass is 263 g/mol. The zero-order valence-corrected chi connectivity index (χ0v) is 11.0. The Morgan fingerprint density at radius 1 is 1.42 bits per heavy atom. The SMILES string of the molecule is COc1ccc(C)cc1C(=O)NC(C(=O)O)C1CC1. The van der Waals surface area contributed by atoms with Crippen molar-refractivity contribution in [1.82, 2.24) is 5.32 Å². The molecule has 2 rings (SSSR count). The van der Waals surface area contributed by atoms with Gasteiger partial charge in [-0.15, -0.1) is 0 Å². The molecule has 0 spiro atoms. The maximum absolute atomic E-state index is 12.2. The van der Waals surface area contributed by atoms with Crippen molar-refractivity contribution in [2.75, 3.05) is 7.11 Å². The zero-order valence-electron chi connectivity index (χ0n) is 11.0. The van der Waals surface area contributed by atoms with Crippen LogP contribution in [0.15, 0.2) is 18.2 Å². The number of carboxylic acid groups (broad SMARTS) is 1. The Labute approximate surface area is 111 Å². The lowest BCUT2D eigenvalue weighted by atomic mass is 10.1. The van der Waals surface area contributed by atoms with E-state index in [2.05, 4.69) is 5.32 Å². The summed E-state index contributed by atoms with van der Waals surface area (Å²) in [4.78, 5) is 23.3. The van der Waals surface area contributed by atoms with Crippen molar-refractivity contribution in [3.63, 3.8) is 0 Å². The van der Waals surface area contributed by atoms with E-state index in [4.69, 9.17) is 9.84 Å². The van der Waals surface area contributed by atoms with Gasteiger partial charge in [0.1, 0.15) is 11.8 Å². The number of rotatable bonds is 5. The second-order valence-electron chi connectivity index (χ2n) is 4.83. The Morgan fingerprint density at radius 3 is 2.63 bits per heavy atom. The predicted molar refractivity (Wildman–Crippen MR) is 69.3 cm³/mol. The normalized spacial score (nSPS) is 15.7. The van der Waals surface area contributed by atoms with E-state index in [1.165, 1.54) is 7.11 Å². The fourth-order valence-corrected chi connectivity index (χ4v) is 2.03. The molecule has 1 aliphatic rings. The van der Waals surface area contributed by atoms with Crippen molar-refractivity contribution in [2.24, 2.45) is 5.92 Å². The van der Waals surface area contributed by atoms with Gasteiger partial charge in [-0.25, -0.2) is 4.79 Å². The average molecular weight is 263 g/mol. The lowest BCUT2D eigenvalue weighted by Gasteiger charge is -2.15. The molecule has 0 aliphatic heterocycles. The number of carboxylic acids is 1. The number of benzene rings is 1. The summed E-state index contributed by atoms with van der Waals surface area (Å²) in [5.74, 6) is -0.886. The lowest BCUT2D eigenvalue weighted by molar-refractivity contribution is -0.139. The molecule has 1 aromatic carbocycles. The summed E-state index contributed by atoms with van der Waals surface area (Å²) in [5.41, 5.74) is 1.29. The van der Waals surface area contributed by atoms with E-state index < -0.39 is 17.9 Å². The molecule has 1 aliphatic carbocycles. The average Bonchev–Trinajstić information content (AvgIpc) is 3.19. The first-order chi connectivity index (χ1) is 9.02. The third-order valence-corrected chi connectivity index (χ3v) is 3.25. The Hall–Kier alpha value is -2.04. The third kappa shape index (κ3) is 3.05. The molecule has 102 valence electrons. The van der Waals surface area contributed by atoms with Crippen LogP contribution in [0.3, 0.4) is 0 Å². The fraction of sp³-hybridized carbons (Fsp3) is 0.429. The van der Waals surface area contributed by atoms with Crippen molar-refractivity contribution in [2.45, 2.75) is 25.8 Å². The summed E-state index contributed by atoms with van der Waals surface area (Å²) < 4.78 is 5.13. The van der Waals surface area contributed by atoms with Gasteiger partial charge in [-0.1, -0.05) is 11.6 Å². The number of carbonyl (C=O) groups is 2. The van der Waals surface area contributed by atoms with E-state index >= 15 is 0 Å². The Balaban J connectivity index is 2.19. The summed E-state index contributed by atoms with van der Waals surface area (Å²) in [6.45, 7) is 1.87. The zero-order chi connectivity index (χ0) is 14.0. The van der Waals surface area contributed by atoms with Crippen LogP contribution in [-0.4, -0.2) is 30.1 Å². The summed E-state index contributed by atoms with van der Waals surface area (Å²) in [7, 11) is 1.48. The Morgan fingerprint density at radius 2 is 2.11 bits per heavy atom. The molecule has 0 radical (unpaired) electrons. The van der Waals surface area contributed by atoms with Crippen LogP contribution in [0.25, 0.3) is 0 Å². The smallest absolute Gasteiger partial charge is 0.326 e. The fourth-order valence-electron chi connectivity index (χ4n) is 2.03. The molecule has 0 aromatic heterocycles. The van der Waals surface area contributed by atoms with Crippen LogP contribution in [0.4, 0.5) is 0 Å². The van der Waals surface area contributed by atoms with Crippen LogP contribution in [0.1, 0.15) is 28.8 Å².